The summed E-state index contributed by atoms with van der Waals surface area (Å²) in [5, 5.41) is 17.5. The minimum atomic E-state index is -5.08. The summed E-state index contributed by atoms with van der Waals surface area (Å²) in [6, 6.07) is 7.98. The summed E-state index contributed by atoms with van der Waals surface area (Å²) in [5.74, 6) is -2.76. The molecule has 1 aromatic rings. The number of halogens is 4. The second-order valence-corrected chi connectivity index (χ2v) is 5.65. The maximum atomic E-state index is 10.6. The fourth-order valence-corrected chi connectivity index (χ4v) is 2.44. The van der Waals surface area contributed by atoms with Crippen molar-refractivity contribution in [3.05, 3.63) is 34.9 Å². The Morgan fingerprint density at radius 2 is 1.96 bits per heavy atom. The summed E-state index contributed by atoms with van der Waals surface area (Å²) in [6.07, 6.45) is -2.21. The summed E-state index contributed by atoms with van der Waals surface area (Å²) in [7, 11) is 0. The molecule has 2 rings (SSSR count). The van der Waals surface area contributed by atoms with E-state index in [1.54, 1.807) is 0 Å². The normalized spacial score (nSPS) is 18.9. The third kappa shape index (κ3) is 7.67. The van der Waals surface area contributed by atoms with Crippen LogP contribution < -0.4 is 0 Å². The van der Waals surface area contributed by atoms with E-state index in [9.17, 15) is 18.3 Å². The van der Waals surface area contributed by atoms with Crippen molar-refractivity contribution >= 4 is 17.6 Å². The lowest BCUT2D eigenvalue weighted by Crippen LogP contribution is -2.39. The molecule has 4 nitrogen and oxygen atoms in total. The molecule has 1 atom stereocenters. The van der Waals surface area contributed by atoms with Crippen LogP contribution in [-0.4, -0.2) is 53.0 Å². The largest absolute Gasteiger partial charge is 0.490 e. The quantitative estimate of drug-likeness (QED) is 0.877. The first-order chi connectivity index (χ1) is 10.7. The van der Waals surface area contributed by atoms with E-state index in [1.807, 2.05) is 18.2 Å². The molecule has 23 heavy (non-hydrogen) atoms. The van der Waals surface area contributed by atoms with Crippen molar-refractivity contribution in [3.8, 4) is 0 Å². The van der Waals surface area contributed by atoms with Gasteiger partial charge in [0.1, 0.15) is 0 Å². The summed E-state index contributed by atoms with van der Waals surface area (Å²) < 4.78 is 31.7. The maximum Gasteiger partial charge on any atom is 0.490 e. The van der Waals surface area contributed by atoms with Gasteiger partial charge in [-0.2, -0.15) is 13.2 Å². The monoisotopic (exact) mass is 353 g/mol. The van der Waals surface area contributed by atoms with E-state index in [4.69, 9.17) is 21.5 Å². The SMILES string of the molecule is O=C(O)C(F)(F)F.OC1CCCN(CCc2ccccc2Cl)C1. The number of aliphatic hydroxyl groups is 1. The van der Waals surface area contributed by atoms with E-state index < -0.39 is 12.1 Å². The Bertz CT molecular complexity index is 511. The van der Waals surface area contributed by atoms with Crippen molar-refractivity contribution in [2.24, 2.45) is 0 Å². The third-order valence-electron chi connectivity index (χ3n) is 3.38. The van der Waals surface area contributed by atoms with E-state index in [0.717, 1.165) is 43.9 Å². The third-order valence-corrected chi connectivity index (χ3v) is 3.75. The zero-order chi connectivity index (χ0) is 17.5. The lowest BCUT2D eigenvalue weighted by molar-refractivity contribution is -0.192. The zero-order valence-corrected chi connectivity index (χ0v) is 13.1. The number of hydrogen-bond acceptors (Lipinski definition) is 3. The minimum Gasteiger partial charge on any atom is -0.475 e. The molecule has 2 N–H and O–H groups in total. The second kappa shape index (κ2) is 9.10. The number of β-amino-alcohol motifs (C(OH)–C–C–N with tert-alkyl or cyclic N) is 1. The lowest BCUT2D eigenvalue weighted by atomic mass is 10.1. The van der Waals surface area contributed by atoms with E-state index in [2.05, 4.69) is 11.0 Å². The van der Waals surface area contributed by atoms with E-state index in [-0.39, 0.29) is 6.10 Å². The van der Waals surface area contributed by atoms with Crippen molar-refractivity contribution in [3.63, 3.8) is 0 Å². The molecule has 0 saturated carbocycles. The number of carbonyl (C=O) groups is 1. The van der Waals surface area contributed by atoms with Gasteiger partial charge in [-0.25, -0.2) is 4.79 Å². The molecule has 0 aromatic heterocycles. The molecule has 0 aliphatic carbocycles. The van der Waals surface area contributed by atoms with Gasteiger partial charge >= 0.3 is 12.1 Å². The van der Waals surface area contributed by atoms with Crippen LogP contribution in [0.2, 0.25) is 5.02 Å². The highest BCUT2D eigenvalue weighted by Gasteiger charge is 2.38. The van der Waals surface area contributed by atoms with Crippen LogP contribution in [0, 0.1) is 0 Å². The molecule has 0 amide bonds. The Labute approximate surface area is 137 Å². The average molecular weight is 354 g/mol. The van der Waals surface area contributed by atoms with Crippen LogP contribution in [0.5, 0.6) is 0 Å². The van der Waals surface area contributed by atoms with Crippen LogP contribution in [0.3, 0.4) is 0 Å². The molecule has 1 fully saturated rings. The van der Waals surface area contributed by atoms with Crippen molar-refractivity contribution in [1.82, 2.24) is 4.90 Å². The smallest absolute Gasteiger partial charge is 0.475 e. The number of rotatable bonds is 3. The van der Waals surface area contributed by atoms with Gasteiger partial charge in [0.25, 0.3) is 0 Å². The Hall–Kier alpha value is -1.31. The van der Waals surface area contributed by atoms with Gasteiger partial charge < -0.3 is 15.1 Å². The molecule has 1 heterocycles. The number of alkyl halides is 3. The highest BCUT2D eigenvalue weighted by atomic mass is 35.5. The molecule has 1 saturated heterocycles. The van der Waals surface area contributed by atoms with Gasteiger partial charge in [0.05, 0.1) is 6.10 Å². The summed E-state index contributed by atoms with van der Waals surface area (Å²) in [4.78, 5) is 11.2. The number of benzene rings is 1. The zero-order valence-electron chi connectivity index (χ0n) is 12.4. The molecule has 130 valence electrons. The molecular formula is C15H19ClF3NO3. The van der Waals surface area contributed by atoms with Gasteiger partial charge in [-0.15, -0.1) is 0 Å². The van der Waals surface area contributed by atoms with Crippen LogP contribution in [0.4, 0.5) is 13.2 Å². The molecule has 0 spiro atoms. The molecule has 1 aromatic carbocycles. The fraction of sp³-hybridized carbons (Fsp3) is 0.533. The number of likely N-dealkylation sites (tertiary alicyclic amines) is 1. The average Bonchev–Trinajstić information content (AvgIpc) is 2.46. The second-order valence-electron chi connectivity index (χ2n) is 5.24. The highest BCUT2D eigenvalue weighted by Crippen LogP contribution is 2.17. The maximum absolute atomic E-state index is 10.6. The van der Waals surface area contributed by atoms with Crippen LogP contribution >= 0.6 is 11.6 Å². The van der Waals surface area contributed by atoms with Crippen molar-refractivity contribution in [2.45, 2.75) is 31.5 Å². The first kappa shape index (κ1) is 19.7. The standard InChI is InChI=1S/C13H18ClNO.C2HF3O2/c14-13-6-2-1-4-11(13)7-9-15-8-3-5-12(16)10-15;3-2(4,5)1(6)7/h1-2,4,6,12,16H,3,5,7-10H2;(H,6,7). The number of aliphatic carboxylic acids is 1. The first-order valence-corrected chi connectivity index (χ1v) is 7.52. The van der Waals surface area contributed by atoms with Gasteiger partial charge in [-0.05, 0) is 37.4 Å². The van der Waals surface area contributed by atoms with Gasteiger partial charge in [-0.3, -0.25) is 0 Å². The van der Waals surface area contributed by atoms with Gasteiger partial charge in [0, 0.05) is 18.1 Å². The van der Waals surface area contributed by atoms with Gasteiger partial charge in [0.15, 0.2) is 0 Å². The van der Waals surface area contributed by atoms with Crippen molar-refractivity contribution in [2.75, 3.05) is 19.6 Å². The predicted octanol–water partition coefficient (Wildman–Crippen LogP) is 2.97. The molecule has 1 unspecified atom stereocenters. The molecule has 0 bridgehead atoms. The molecule has 1 aliphatic rings. The fourth-order valence-electron chi connectivity index (χ4n) is 2.21. The van der Waals surface area contributed by atoms with Crippen LogP contribution in [-0.2, 0) is 11.2 Å². The molecule has 8 heteroatoms. The number of hydrogen-bond donors (Lipinski definition) is 2. The van der Waals surface area contributed by atoms with Crippen molar-refractivity contribution < 1.29 is 28.2 Å². The Morgan fingerprint density at radius 1 is 1.35 bits per heavy atom. The number of nitrogens with zero attached hydrogens (tertiary/aromatic N) is 1. The summed E-state index contributed by atoms with van der Waals surface area (Å²) in [6.45, 7) is 2.90. The number of carboxylic acids is 1. The van der Waals surface area contributed by atoms with Crippen LogP contribution in [0.1, 0.15) is 18.4 Å². The minimum absolute atomic E-state index is 0.139. The molecule has 0 radical (unpaired) electrons. The highest BCUT2D eigenvalue weighted by molar-refractivity contribution is 6.31. The topological polar surface area (TPSA) is 60.8 Å². The van der Waals surface area contributed by atoms with Gasteiger partial charge in [-0.1, -0.05) is 29.8 Å². The van der Waals surface area contributed by atoms with Crippen LogP contribution in [0.25, 0.3) is 0 Å². The van der Waals surface area contributed by atoms with E-state index in [1.165, 1.54) is 5.56 Å². The summed E-state index contributed by atoms with van der Waals surface area (Å²) in [5.41, 5.74) is 1.20. The molecule has 1 aliphatic heterocycles. The predicted molar refractivity (Wildman–Crippen MR) is 80.5 cm³/mol. The molecular weight excluding hydrogens is 335 g/mol. The van der Waals surface area contributed by atoms with E-state index in [0.29, 0.717) is 0 Å². The van der Waals surface area contributed by atoms with E-state index >= 15 is 0 Å². The number of aliphatic hydroxyl groups excluding tert-OH is 1. The first-order valence-electron chi connectivity index (χ1n) is 7.14. The lowest BCUT2D eigenvalue weighted by Gasteiger charge is -2.29. The Kier molecular flexibility index (Phi) is 7.81. The number of piperidine rings is 1. The Morgan fingerprint density at radius 3 is 2.48 bits per heavy atom. The van der Waals surface area contributed by atoms with Crippen molar-refractivity contribution in [1.29, 1.82) is 0 Å². The summed E-state index contributed by atoms with van der Waals surface area (Å²) >= 11 is 6.10. The van der Waals surface area contributed by atoms with Crippen LogP contribution in [0.15, 0.2) is 24.3 Å². The Balaban J connectivity index is 0.000000322. The number of carboxylic acid groups (broad SMARTS) is 1. The van der Waals surface area contributed by atoms with Gasteiger partial charge in [0.2, 0.25) is 0 Å².